The lowest BCUT2D eigenvalue weighted by atomic mass is 10.5. The van der Waals surface area contributed by atoms with Crippen molar-refractivity contribution in [3.63, 3.8) is 0 Å². The van der Waals surface area contributed by atoms with Crippen molar-refractivity contribution in [1.82, 2.24) is 4.98 Å². The maximum Gasteiger partial charge on any atom is 0.106 e. The first-order chi connectivity index (χ1) is 6.43. The van der Waals surface area contributed by atoms with Crippen LogP contribution in [-0.2, 0) is 0 Å². The molecule has 13 heavy (non-hydrogen) atoms. The van der Waals surface area contributed by atoms with Crippen LogP contribution in [0, 0.1) is 0 Å². The van der Waals surface area contributed by atoms with Gasteiger partial charge < -0.3 is 5.73 Å². The Bertz CT molecular complexity index is 249. The third-order valence-corrected chi connectivity index (χ3v) is 3.38. The molecule has 0 spiro atoms. The van der Waals surface area contributed by atoms with Gasteiger partial charge in [-0.3, -0.25) is 0 Å². The standard InChI is InChI=1S/C9H12N2S2/c10-6-2-4-8-12-13-9-5-1-3-7-11-9/h1-5,7H,6,8,10H2/b4-2+. The second kappa shape index (κ2) is 7.00. The van der Waals surface area contributed by atoms with E-state index in [2.05, 4.69) is 11.1 Å². The van der Waals surface area contributed by atoms with E-state index in [0.717, 1.165) is 10.8 Å². The number of rotatable bonds is 5. The van der Waals surface area contributed by atoms with Gasteiger partial charge in [-0.25, -0.2) is 4.98 Å². The molecule has 0 aliphatic heterocycles. The van der Waals surface area contributed by atoms with Gasteiger partial charge in [0.1, 0.15) is 5.03 Å². The van der Waals surface area contributed by atoms with Crippen molar-refractivity contribution in [3.8, 4) is 0 Å². The highest BCUT2D eigenvalue weighted by molar-refractivity contribution is 8.76. The average Bonchev–Trinajstić information content (AvgIpc) is 2.19. The number of pyridine rings is 1. The van der Waals surface area contributed by atoms with Gasteiger partial charge in [0.05, 0.1) is 0 Å². The minimum Gasteiger partial charge on any atom is -0.327 e. The van der Waals surface area contributed by atoms with Crippen molar-refractivity contribution in [2.24, 2.45) is 5.73 Å². The van der Waals surface area contributed by atoms with Crippen LogP contribution in [-0.4, -0.2) is 17.3 Å². The van der Waals surface area contributed by atoms with Crippen LogP contribution in [0.25, 0.3) is 0 Å². The van der Waals surface area contributed by atoms with Crippen LogP contribution < -0.4 is 5.73 Å². The van der Waals surface area contributed by atoms with Gasteiger partial charge in [-0.1, -0.05) is 29.0 Å². The fourth-order valence-corrected chi connectivity index (χ4v) is 2.43. The molecule has 0 unspecified atom stereocenters. The zero-order valence-corrected chi connectivity index (χ0v) is 8.85. The van der Waals surface area contributed by atoms with E-state index in [9.17, 15) is 0 Å². The van der Waals surface area contributed by atoms with Crippen LogP contribution in [0.3, 0.4) is 0 Å². The largest absolute Gasteiger partial charge is 0.327 e. The molecule has 1 heterocycles. The Morgan fingerprint density at radius 1 is 1.38 bits per heavy atom. The second-order valence-electron chi connectivity index (χ2n) is 2.24. The summed E-state index contributed by atoms with van der Waals surface area (Å²) < 4.78 is 0. The van der Waals surface area contributed by atoms with Gasteiger partial charge in [0.15, 0.2) is 0 Å². The van der Waals surface area contributed by atoms with E-state index in [1.54, 1.807) is 27.8 Å². The van der Waals surface area contributed by atoms with E-state index < -0.39 is 0 Å². The molecule has 0 amide bonds. The predicted molar refractivity (Wildman–Crippen MR) is 60.7 cm³/mol. The van der Waals surface area contributed by atoms with Crippen LogP contribution in [0.15, 0.2) is 41.6 Å². The Hall–Kier alpha value is -0.450. The number of hydrogen-bond donors (Lipinski definition) is 1. The normalized spacial score (nSPS) is 10.8. The first-order valence-electron chi connectivity index (χ1n) is 3.99. The van der Waals surface area contributed by atoms with E-state index in [0.29, 0.717) is 6.54 Å². The Labute approximate surface area is 86.4 Å². The molecule has 0 aromatic carbocycles. The molecule has 2 nitrogen and oxygen atoms in total. The Morgan fingerprint density at radius 3 is 3.00 bits per heavy atom. The number of nitrogens with two attached hydrogens (primary N) is 1. The molecule has 0 radical (unpaired) electrons. The molecular formula is C9H12N2S2. The molecular weight excluding hydrogens is 200 g/mol. The maximum absolute atomic E-state index is 5.31. The van der Waals surface area contributed by atoms with Gasteiger partial charge in [-0.15, -0.1) is 0 Å². The summed E-state index contributed by atoms with van der Waals surface area (Å²) in [6, 6.07) is 5.92. The molecule has 1 aromatic rings. The van der Waals surface area contributed by atoms with E-state index in [4.69, 9.17) is 5.73 Å². The molecule has 1 aromatic heterocycles. The molecule has 0 fully saturated rings. The molecule has 0 atom stereocenters. The van der Waals surface area contributed by atoms with Gasteiger partial charge >= 0.3 is 0 Å². The number of nitrogens with zero attached hydrogens (tertiary/aromatic N) is 1. The van der Waals surface area contributed by atoms with E-state index in [-0.39, 0.29) is 0 Å². The highest BCUT2D eigenvalue weighted by Crippen LogP contribution is 2.28. The van der Waals surface area contributed by atoms with Gasteiger partial charge in [0.2, 0.25) is 0 Å². The summed E-state index contributed by atoms with van der Waals surface area (Å²) >= 11 is 0. The molecule has 0 aliphatic rings. The van der Waals surface area contributed by atoms with E-state index in [1.807, 2.05) is 24.3 Å². The smallest absolute Gasteiger partial charge is 0.106 e. The van der Waals surface area contributed by atoms with Crippen LogP contribution in [0.2, 0.25) is 0 Å². The van der Waals surface area contributed by atoms with Crippen molar-refractivity contribution in [2.45, 2.75) is 5.03 Å². The van der Waals surface area contributed by atoms with E-state index >= 15 is 0 Å². The summed E-state index contributed by atoms with van der Waals surface area (Å²) in [5.41, 5.74) is 5.31. The highest BCUT2D eigenvalue weighted by Gasteiger charge is 1.91. The van der Waals surface area contributed by atoms with Crippen LogP contribution in [0.1, 0.15) is 0 Å². The molecule has 2 N–H and O–H groups in total. The first kappa shape index (κ1) is 10.6. The lowest BCUT2D eigenvalue weighted by Gasteiger charge is -1.95. The quantitative estimate of drug-likeness (QED) is 0.462. The molecule has 0 aliphatic carbocycles. The summed E-state index contributed by atoms with van der Waals surface area (Å²) in [5, 5.41) is 1.05. The second-order valence-corrected chi connectivity index (χ2v) is 4.60. The topological polar surface area (TPSA) is 38.9 Å². The number of aromatic nitrogens is 1. The molecule has 4 heteroatoms. The Morgan fingerprint density at radius 2 is 2.31 bits per heavy atom. The first-order valence-corrected chi connectivity index (χ1v) is 6.31. The zero-order valence-electron chi connectivity index (χ0n) is 7.22. The maximum atomic E-state index is 5.31. The lowest BCUT2D eigenvalue weighted by molar-refractivity contribution is 1.14. The van der Waals surface area contributed by atoms with Crippen molar-refractivity contribution < 1.29 is 0 Å². The third kappa shape index (κ3) is 4.98. The SMILES string of the molecule is NC/C=C/CSSc1ccccn1. The Kier molecular flexibility index (Phi) is 5.73. The van der Waals surface area contributed by atoms with Crippen molar-refractivity contribution in [2.75, 3.05) is 12.3 Å². The average molecular weight is 212 g/mol. The zero-order chi connectivity index (χ0) is 9.36. The highest BCUT2D eigenvalue weighted by atomic mass is 33.1. The van der Waals surface area contributed by atoms with Gasteiger partial charge in [0.25, 0.3) is 0 Å². The Balaban J connectivity index is 2.17. The van der Waals surface area contributed by atoms with Crippen molar-refractivity contribution in [3.05, 3.63) is 36.5 Å². The summed E-state index contributed by atoms with van der Waals surface area (Å²) in [5.74, 6) is 0.971. The van der Waals surface area contributed by atoms with Gasteiger partial charge in [-0.2, -0.15) is 0 Å². The van der Waals surface area contributed by atoms with Gasteiger partial charge in [0, 0.05) is 18.5 Å². The predicted octanol–water partition coefficient (Wildman–Crippen LogP) is 2.34. The summed E-state index contributed by atoms with van der Waals surface area (Å²) in [4.78, 5) is 4.19. The molecule has 1 rings (SSSR count). The fourth-order valence-electron chi connectivity index (χ4n) is 0.694. The minimum atomic E-state index is 0.620. The van der Waals surface area contributed by atoms with Crippen LogP contribution in [0.5, 0.6) is 0 Å². The minimum absolute atomic E-state index is 0.620. The van der Waals surface area contributed by atoms with Crippen molar-refractivity contribution in [1.29, 1.82) is 0 Å². The molecule has 70 valence electrons. The monoisotopic (exact) mass is 212 g/mol. The van der Waals surface area contributed by atoms with Crippen LogP contribution in [0.4, 0.5) is 0 Å². The van der Waals surface area contributed by atoms with Gasteiger partial charge in [-0.05, 0) is 22.9 Å². The number of hydrogen-bond acceptors (Lipinski definition) is 4. The molecule has 0 saturated heterocycles. The molecule has 0 bridgehead atoms. The summed E-state index contributed by atoms with van der Waals surface area (Å²) in [6.45, 7) is 0.620. The van der Waals surface area contributed by atoms with Crippen LogP contribution >= 0.6 is 21.6 Å². The summed E-state index contributed by atoms with van der Waals surface area (Å²) in [7, 11) is 3.44. The fraction of sp³-hybridized carbons (Fsp3) is 0.222. The van der Waals surface area contributed by atoms with E-state index in [1.165, 1.54) is 0 Å². The third-order valence-electron chi connectivity index (χ3n) is 1.25. The van der Waals surface area contributed by atoms with Crippen molar-refractivity contribution >= 4 is 21.6 Å². The summed E-state index contributed by atoms with van der Waals surface area (Å²) in [6.07, 6.45) is 5.84. The molecule has 0 saturated carbocycles. The lowest BCUT2D eigenvalue weighted by Crippen LogP contribution is -1.92.